The van der Waals surface area contributed by atoms with Gasteiger partial charge in [0.15, 0.2) is 5.78 Å². The van der Waals surface area contributed by atoms with Crippen LogP contribution < -0.4 is 9.47 Å². The van der Waals surface area contributed by atoms with Crippen LogP contribution in [-0.4, -0.2) is 20.9 Å². The average Bonchev–Trinajstić information content (AvgIpc) is 0.848. The van der Waals surface area contributed by atoms with Crippen molar-refractivity contribution < 1.29 is 45.0 Å². The molecule has 0 saturated carbocycles. The van der Waals surface area contributed by atoms with Crippen LogP contribution in [0.25, 0.3) is 65.6 Å². The minimum atomic E-state index is -0.319. The number of aryl methyl sites for hydroxylation is 1. The summed E-state index contributed by atoms with van der Waals surface area (Å²) in [4.78, 5) is 21.2. The van der Waals surface area contributed by atoms with Crippen LogP contribution in [0.4, 0.5) is 0 Å². The first-order chi connectivity index (χ1) is 38.7. The smallest absolute Gasteiger partial charge is 0.164 e. The molecule has 6 nitrogen and oxygen atoms in total. The van der Waals surface area contributed by atoms with Gasteiger partial charge in [-0.1, -0.05) is 199 Å². The van der Waals surface area contributed by atoms with Crippen LogP contribution in [0.3, 0.4) is 0 Å². The van der Waals surface area contributed by atoms with Gasteiger partial charge in [-0.25, -0.2) is 0 Å². The molecule has 1 radical (unpaired) electrons. The van der Waals surface area contributed by atoms with Crippen LogP contribution in [0.2, 0.25) is 0 Å². The number of fused-ring (bicyclic) bond motifs is 6. The number of hydrogen-bond acceptors (Lipinski definition) is 6. The van der Waals surface area contributed by atoms with E-state index >= 15 is 0 Å². The van der Waals surface area contributed by atoms with Gasteiger partial charge in [0.05, 0.1) is 22.7 Å². The quantitative estimate of drug-likeness (QED) is 0.0789. The largest absolute Gasteiger partial charge is 0.512 e. The summed E-state index contributed by atoms with van der Waals surface area (Å²) in [6.45, 7) is 38.8. The number of ether oxygens (including phenoxy) is 2. The number of benzene rings is 6. The second kappa shape index (κ2) is 23.9. The Labute approximate surface area is 498 Å². The van der Waals surface area contributed by atoms with Crippen molar-refractivity contribution in [2.45, 2.75) is 176 Å². The minimum absolute atomic E-state index is 0. The summed E-state index contributed by atoms with van der Waals surface area (Å²) < 4.78 is 47.4. The van der Waals surface area contributed by atoms with Gasteiger partial charge in [0.2, 0.25) is 0 Å². The van der Waals surface area contributed by atoms with Gasteiger partial charge in [-0.15, -0.1) is 35.0 Å². The topological polar surface area (TPSA) is 81.5 Å². The van der Waals surface area contributed by atoms with Crippen molar-refractivity contribution >= 4 is 48.9 Å². The Morgan fingerprint density at radius 2 is 1.05 bits per heavy atom. The normalized spacial score (nSPS) is 13.9. The van der Waals surface area contributed by atoms with Crippen molar-refractivity contribution in [2.24, 2.45) is 33.0 Å². The van der Waals surface area contributed by atoms with Gasteiger partial charge in [-0.2, -0.15) is 0 Å². The van der Waals surface area contributed by atoms with Gasteiger partial charge in [-0.05, 0) is 126 Å². The molecule has 0 aliphatic carbocycles. The fraction of sp³-hybridized carbons (Fsp3) is 0.438. The number of carbonyl (C=O) groups excluding carboxylic acids is 1. The molecule has 2 aromatic heterocycles. The predicted molar refractivity (Wildman–Crippen MR) is 333 cm³/mol. The van der Waals surface area contributed by atoms with Crippen molar-refractivity contribution in [3.8, 4) is 45.5 Å². The predicted octanol–water partition coefficient (Wildman–Crippen LogP) is 20.8. The van der Waals surface area contributed by atoms with Crippen LogP contribution >= 0.6 is 0 Å². The van der Waals surface area contributed by atoms with Crippen LogP contribution in [0.1, 0.15) is 177 Å². The van der Waals surface area contributed by atoms with E-state index in [2.05, 4.69) is 161 Å². The zero-order chi connectivity index (χ0) is 61.1. The van der Waals surface area contributed by atoms with Crippen LogP contribution in [0.5, 0.6) is 23.0 Å². The molecule has 0 bridgehead atoms. The molecule has 2 aliphatic rings. The van der Waals surface area contributed by atoms with Gasteiger partial charge < -0.3 is 14.6 Å². The Kier molecular flexibility index (Phi) is 16.7. The number of aliphatic hydroxyl groups excluding tert-OH is 1. The molecule has 80 heavy (non-hydrogen) atoms. The van der Waals surface area contributed by atoms with Crippen molar-refractivity contribution in [2.75, 3.05) is 0 Å². The van der Waals surface area contributed by atoms with E-state index in [0.717, 1.165) is 151 Å². The molecule has 10 rings (SSSR count). The van der Waals surface area contributed by atoms with Gasteiger partial charge in [0.25, 0.3) is 0 Å². The zero-order valence-electron chi connectivity index (χ0n) is 55.1. The molecule has 0 fully saturated rings. The number of aliphatic hydroxyl groups is 1. The summed E-state index contributed by atoms with van der Waals surface area (Å²) in [6, 6.07) is 30.5. The number of allylic oxidation sites excluding steroid dienone is 2. The molecule has 7 heteroatoms. The fourth-order valence-electron chi connectivity index (χ4n) is 11.1. The maximum atomic E-state index is 12.0. The van der Waals surface area contributed by atoms with E-state index in [0.29, 0.717) is 11.4 Å². The zero-order valence-corrected chi connectivity index (χ0v) is 53.5. The third-order valence-corrected chi connectivity index (χ3v) is 15.4. The Hall–Kier alpha value is -5.88. The average molecular weight is 1250 g/mol. The Bertz CT molecular complexity index is 3850. The molecule has 4 heterocycles. The van der Waals surface area contributed by atoms with E-state index in [9.17, 15) is 9.90 Å². The first-order valence-corrected chi connectivity index (χ1v) is 28.8. The summed E-state index contributed by atoms with van der Waals surface area (Å²) in [5, 5.41) is 17.3. The number of ketones is 1. The van der Waals surface area contributed by atoms with E-state index in [1.807, 2.05) is 52.8 Å². The van der Waals surface area contributed by atoms with E-state index in [4.69, 9.17) is 15.0 Å². The molecule has 0 unspecified atom stereocenters. The molecule has 1 N–H and O–H groups in total. The molecule has 425 valence electrons. The Morgan fingerprint density at radius 3 is 1.49 bits per heavy atom. The summed E-state index contributed by atoms with van der Waals surface area (Å²) in [6.07, 6.45) is 8.20. The second-order valence-electron chi connectivity index (χ2n) is 27.5. The second-order valence-corrected chi connectivity index (χ2v) is 27.5. The fourth-order valence-corrected chi connectivity index (χ4v) is 11.1. The maximum absolute atomic E-state index is 12.0. The molecule has 0 saturated heterocycles. The summed E-state index contributed by atoms with van der Waals surface area (Å²) in [5.41, 5.74) is 8.67. The van der Waals surface area contributed by atoms with Crippen molar-refractivity contribution in [3.63, 3.8) is 0 Å². The Morgan fingerprint density at radius 1 is 0.613 bits per heavy atom. The molecule has 8 aromatic rings. The maximum Gasteiger partial charge on any atom is 0.164 e. The van der Waals surface area contributed by atoms with E-state index in [-0.39, 0.29) is 89.1 Å². The van der Waals surface area contributed by atoms with Gasteiger partial charge in [0.1, 0.15) is 11.5 Å². The van der Waals surface area contributed by atoms with Crippen molar-refractivity contribution in [3.05, 3.63) is 143 Å². The number of hydrogen-bond donors (Lipinski definition) is 1. The monoisotopic (exact) mass is 1250 g/mol. The molecular weight excluding hydrogens is 1160 g/mol. The number of aromatic nitrogens is 2. The number of nitrogens with zero attached hydrogens (tertiary/aromatic N) is 2. The van der Waals surface area contributed by atoms with Crippen LogP contribution in [0, 0.1) is 52.0 Å². The van der Waals surface area contributed by atoms with Crippen molar-refractivity contribution in [1.82, 2.24) is 9.97 Å². The first kappa shape index (κ1) is 56.0. The SMILES string of the molecule is CCC(CC)/C(O)=C/C(=O)C(C)(CC)CC.[2H]c1nc2c3c(cc(CC(C)(C)C)cc3c1[2H])Oc1c-2[c-]c2cc(C)ccc2c1CC(C)(C)C.[2H]c1nc2c3c(cc(CC(C)(C)C)cc3c1[2H])Oc1c-2[c-]c2ccccc2c1CC(C)(C)C.[Ir]. The molecule has 6 aromatic carbocycles. The third kappa shape index (κ3) is 13.9. The number of pyridine rings is 2. The summed E-state index contributed by atoms with van der Waals surface area (Å²) in [7, 11) is 0. The molecule has 0 spiro atoms. The number of carbonyl (C=O) groups is 1. The van der Waals surface area contributed by atoms with Crippen molar-refractivity contribution in [1.29, 1.82) is 0 Å². The van der Waals surface area contributed by atoms with Gasteiger partial charge in [0, 0.05) is 72.0 Å². The summed E-state index contributed by atoms with van der Waals surface area (Å²) >= 11 is 0. The summed E-state index contributed by atoms with van der Waals surface area (Å²) in [5.74, 6) is 3.48. The Balaban J connectivity index is 0.000000192. The van der Waals surface area contributed by atoms with E-state index in [1.165, 1.54) is 11.6 Å². The molecule has 0 atom stereocenters. The standard InChI is InChI=1S/C30H32NO.C29H30NO.C14H26O2.Ir/c1-18-8-9-22-21(12-18)15-23-27-26-20(10-11-31-27)13-19(16-29(2,3)4)14-25(26)32-28(23)24(22)17-30(5,6)7;1-28(2,3)16-18-13-20-11-12-30-26-22-15-19-9-7-8-10-21(19)23(17-29(4,5)6)27(22)31-24(14-18)25(20)26;1-6-11(7-2)12(15)10-13(16)14(5,8-3)9-4;/h8-14H,16-17H2,1-7H3;7-14H,16-17H2,1-6H3;10-11,15H,6-9H2,1-5H3;/q2*-1;;/b;;12-10-;/i10D,11D;11D,12D;;. The number of rotatable bonds is 11. The molecular formula is C73H88IrN2O4-2. The van der Waals surface area contributed by atoms with E-state index in [1.54, 1.807) is 0 Å². The minimum Gasteiger partial charge on any atom is -0.512 e. The van der Waals surface area contributed by atoms with Crippen LogP contribution in [0.15, 0.2) is 103 Å². The third-order valence-electron chi connectivity index (χ3n) is 15.4. The van der Waals surface area contributed by atoms with Crippen LogP contribution in [-0.2, 0) is 50.6 Å². The molecule has 2 aliphatic heterocycles. The first-order valence-electron chi connectivity index (χ1n) is 30.8. The molecule has 0 amide bonds. The van der Waals surface area contributed by atoms with Gasteiger partial charge >= 0.3 is 0 Å². The van der Waals surface area contributed by atoms with E-state index < -0.39 is 0 Å². The van der Waals surface area contributed by atoms with Gasteiger partial charge in [-0.3, -0.25) is 14.8 Å².